The van der Waals surface area contributed by atoms with Crippen molar-refractivity contribution in [3.8, 4) is 0 Å². The summed E-state index contributed by atoms with van der Waals surface area (Å²) < 4.78 is 0. The molecule has 10 heavy (non-hydrogen) atoms. The van der Waals surface area contributed by atoms with E-state index >= 15 is 0 Å². The predicted octanol–water partition coefficient (Wildman–Crippen LogP) is 2.42. The van der Waals surface area contributed by atoms with Gasteiger partial charge in [-0.25, -0.2) is 0 Å². The second-order valence-electron chi connectivity index (χ2n) is 2.35. The molecule has 0 heterocycles. The maximum absolute atomic E-state index is 10.8. The van der Waals surface area contributed by atoms with Crippen LogP contribution in [0.2, 0.25) is 0 Å². The van der Waals surface area contributed by atoms with E-state index in [1.165, 1.54) is 0 Å². The quantitative estimate of drug-likeness (QED) is 0.570. The number of halogens is 1. The standard InChI is InChI=1S/C8H9ClO/c1-6(10)7-3-2-4-8(9)5-7/h3,5H,2,4H2,1H3. The molecular formula is C8H9ClO. The van der Waals surface area contributed by atoms with Crippen LogP contribution >= 0.6 is 11.6 Å². The van der Waals surface area contributed by atoms with E-state index in [0.29, 0.717) is 0 Å². The number of hydrogen-bond donors (Lipinski definition) is 0. The van der Waals surface area contributed by atoms with Crippen molar-refractivity contribution in [3.05, 3.63) is 22.8 Å². The third-order valence-electron chi connectivity index (χ3n) is 1.47. The Kier molecular flexibility index (Phi) is 2.28. The minimum absolute atomic E-state index is 0.0952. The zero-order valence-electron chi connectivity index (χ0n) is 5.86. The monoisotopic (exact) mass is 156 g/mol. The molecule has 0 aliphatic heterocycles. The summed E-state index contributed by atoms with van der Waals surface area (Å²) in [4.78, 5) is 10.8. The van der Waals surface area contributed by atoms with Crippen LogP contribution in [0.4, 0.5) is 0 Å². The maximum atomic E-state index is 10.8. The molecule has 0 spiro atoms. The zero-order valence-corrected chi connectivity index (χ0v) is 6.61. The van der Waals surface area contributed by atoms with Gasteiger partial charge in [0.1, 0.15) is 0 Å². The maximum Gasteiger partial charge on any atom is 0.159 e. The first-order chi connectivity index (χ1) is 4.70. The van der Waals surface area contributed by atoms with Gasteiger partial charge < -0.3 is 0 Å². The first kappa shape index (κ1) is 7.55. The minimum atomic E-state index is 0.0952. The first-order valence-corrected chi connectivity index (χ1v) is 3.65. The van der Waals surface area contributed by atoms with Gasteiger partial charge in [0.15, 0.2) is 5.78 Å². The van der Waals surface area contributed by atoms with E-state index < -0.39 is 0 Å². The Labute approximate surface area is 65.4 Å². The van der Waals surface area contributed by atoms with E-state index in [-0.39, 0.29) is 5.78 Å². The molecule has 1 aliphatic rings. The molecular weight excluding hydrogens is 148 g/mol. The summed E-state index contributed by atoms with van der Waals surface area (Å²) in [5.74, 6) is 0.0952. The second-order valence-corrected chi connectivity index (χ2v) is 2.83. The third-order valence-corrected chi connectivity index (χ3v) is 1.76. The highest BCUT2D eigenvalue weighted by atomic mass is 35.5. The van der Waals surface area contributed by atoms with E-state index in [0.717, 1.165) is 23.4 Å². The molecule has 1 nitrogen and oxygen atoms in total. The molecule has 0 aromatic carbocycles. The molecule has 0 saturated carbocycles. The number of hydrogen-bond acceptors (Lipinski definition) is 1. The number of Topliss-reactive ketones (excluding diaryl/α,β-unsaturated/α-hetero) is 1. The fourth-order valence-corrected chi connectivity index (χ4v) is 1.14. The van der Waals surface area contributed by atoms with E-state index in [1.54, 1.807) is 13.0 Å². The molecule has 0 N–H and O–H groups in total. The molecule has 2 heteroatoms. The molecule has 0 unspecified atom stereocenters. The molecule has 0 bridgehead atoms. The lowest BCUT2D eigenvalue weighted by Gasteiger charge is -2.04. The number of carbonyl (C=O) groups is 1. The summed E-state index contributed by atoms with van der Waals surface area (Å²) in [7, 11) is 0. The van der Waals surface area contributed by atoms with Crippen LogP contribution in [0, 0.1) is 0 Å². The van der Waals surface area contributed by atoms with Crippen molar-refractivity contribution in [3.63, 3.8) is 0 Å². The van der Waals surface area contributed by atoms with Crippen LogP contribution in [0.1, 0.15) is 19.8 Å². The van der Waals surface area contributed by atoms with E-state index in [1.807, 2.05) is 6.08 Å². The Morgan fingerprint density at radius 3 is 2.80 bits per heavy atom. The SMILES string of the molecule is CC(=O)C1=CCCC(Cl)=C1. The Morgan fingerprint density at radius 1 is 1.70 bits per heavy atom. The van der Waals surface area contributed by atoms with Gasteiger partial charge in [0, 0.05) is 10.6 Å². The molecule has 1 rings (SSSR count). The van der Waals surface area contributed by atoms with Gasteiger partial charge in [-0.2, -0.15) is 0 Å². The Morgan fingerprint density at radius 2 is 2.40 bits per heavy atom. The lowest BCUT2D eigenvalue weighted by molar-refractivity contribution is -0.113. The Balaban J connectivity index is 2.79. The Bertz CT molecular complexity index is 213. The first-order valence-electron chi connectivity index (χ1n) is 3.27. The summed E-state index contributed by atoms with van der Waals surface area (Å²) in [6.07, 6.45) is 5.43. The van der Waals surface area contributed by atoms with Crippen molar-refractivity contribution >= 4 is 17.4 Å². The van der Waals surface area contributed by atoms with Crippen molar-refractivity contribution < 1.29 is 4.79 Å². The predicted molar refractivity (Wildman–Crippen MR) is 41.9 cm³/mol. The van der Waals surface area contributed by atoms with Crippen LogP contribution in [0.15, 0.2) is 22.8 Å². The highest BCUT2D eigenvalue weighted by Crippen LogP contribution is 2.20. The van der Waals surface area contributed by atoms with Crippen LogP contribution in [0.25, 0.3) is 0 Å². The van der Waals surface area contributed by atoms with E-state index in [4.69, 9.17) is 11.6 Å². The van der Waals surface area contributed by atoms with Crippen LogP contribution in [0.3, 0.4) is 0 Å². The fourth-order valence-electron chi connectivity index (χ4n) is 0.911. The van der Waals surface area contributed by atoms with Crippen LogP contribution in [0.5, 0.6) is 0 Å². The van der Waals surface area contributed by atoms with Crippen molar-refractivity contribution in [2.75, 3.05) is 0 Å². The van der Waals surface area contributed by atoms with Gasteiger partial charge in [-0.15, -0.1) is 0 Å². The average molecular weight is 157 g/mol. The van der Waals surface area contributed by atoms with Crippen molar-refractivity contribution in [2.45, 2.75) is 19.8 Å². The molecule has 1 aliphatic carbocycles. The highest BCUT2D eigenvalue weighted by molar-refractivity contribution is 6.30. The van der Waals surface area contributed by atoms with Gasteiger partial charge in [-0.3, -0.25) is 4.79 Å². The lowest BCUT2D eigenvalue weighted by atomic mass is 10.0. The number of allylic oxidation sites excluding steroid dienone is 4. The van der Waals surface area contributed by atoms with E-state index in [2.05, 4.69) is 0 Å². The van der Waals surface area contributed by atoms with Crippen molar-refractivity contribution in [1.29, 1.82) is 0 Å². The highest BCUT2D eigenvalue weighted by Gasteiger charge is 2.05. The molecule has 0 aromatic heterocycles. The largest absolute Gasteiger partial charge is 0.295 e. The third kappa shape index (κ3) is 1.71. The van der Waals surface area contributed by atoms with Gasteiger partial charge in [-0.05, 0) is 25.8 Å². The summed E-state index contributed by atoms with van der Waals surface area (Å²) >= 11 is 5.72. The number of carbonyl (C=O) groups excluding carboxylic acids is 1. The molecule has 0 fully saturated rings. The summed E-state index contributed by atoms with van der Waals surface area (Å²) in [6, 6.07) is 0. The Hall–Kier alpha value is -0.560. The van der Waals surface area contributed by atoms with Crippen molar-refractivity contribution in [1.82, 2.24) is 0 Å². The normalized spacial score (nSPS) is 17.8. The van der Waals surface area contributed by atoms with Crippen LogP contribution in [-0.4, -0.2) is 5.78 Å². The van der Waals surface area contributed by atoms with Gasteiger partial charge in [0.2, 0.25) is 0 Å². The van der Waals surface area contributed by atoms with Gasteiger partial charge >= 0.3 is 0 Å². The molecule has 0 aromatic rings. The van der Waals surface area contributed by atoms with Gasteiger partial charge in [-0.1, -0.05) is 17.7 Å². The van der Waals surface area contributed by atoms with Crippen LogP contribution in [-0.2, 0) is 4.79 Å². The van der Waals surface area contributed by atoms with Gasteiger partial charge in [0.05, 0.1) is 0 Å². The summed E-state index contributed by atoms with van der Waals surface area (Å²) in [5.41, 5.74) is 0.747. The number of rotatable bonds is 1. The van der Waals surface area contributed by atoms with E-state index in [9.17, 15) is 4.79 Å². The molecule has 0 saturated heterocycles. The van der Waals surface area contributed by atoms with Crippen molar-refractivity contribution in [2.24, 2.45) is 0 Å². The fraction of sp³-hybridized carbons (Fsp3) is 0.375. The zero-order chi connectivity index (χ0) is 7.56. The van der Waals surface area contributed by atoms with Crippen LogP contribution < -0.4 is 0 Å². The molecule has 54 valence electrons. The number of ketones is 1. The molecule has 0 amide bonds. The average Bonchev–Trinajstić information content (AvgIpc) is 1.88. The topological polar surface area (TPSA) is 17.1 Å². The summed E-state index contributed by atoms with van der Waals surface area (Å²) in [6.45, 7) is 1.55. The lowest BCUT2D eigenvalue weighted by Crippen LogP contribution is -1.97. The van der Waals surface area contributed by atoms with Gasteiger partial charge in [0.25, 0.3) is 0 Å². The second kappa shape index (κ2) is 3.02. The minimum Gasteiger partial charge on any atom is -0.295 e. The summed E-state index contributed by atoms with van der Waals surface area (Å²) in [5, 5.41) is 0.785. The smallest absolute Gasteiger partial charge is 0.159 e. The molecule has 0 radical (unpaired) electrons. The molecule has 0 atom stereocenters.